The number of carbonyl (C=O) groups excluding carboxylic acids is 1. The highest BCUT2D eigenvalue weighted by atomic mass is 32.1. The van der Waals surface area contributed by atoms with Crippen molar-refractivity contribution in [2.45, 2.75) is 46.5 Å². The number of nitrogens with zero attached hydrogens (tertiary/aromatic N) is 4. The summed E-state index contributed by atoms with van der Waals surface area (Å²) in [7, 11) is 0. The minimum Gasteiger partial charge on any atom is -0.296 e. The van der Waals surface area contributed by atoms with Crippen molar-refractivity contribution in [3.8, 4) is 5.13 Å². The summed E-state index contributed by atoms with van der Waals surface area (Å²) in [6.07, 6.45) is 3.81. The van der Waals surface area contributed by atoms with Crippen molar-refractivity contribution in [3.05, 3.63) is 39.6 Å². The zero-order chi connectivity index (χ0) is 18.0. The Morgan fingerprint density at radius 2 is 2.04 bits per heavy atom. The molecule has 0 fully saturated rings. The van der Waals surface area contributed by atoms with Crippen molar-refractivity contribution in [1.82, 2.24) is 19.7 Å². The van der Waals surface area contributed by atoms with Crippen LogP contribution in [0.1, 0.15) is 59.4 Å². The smallest absolute Gasteiger partial charge is 0.259 e. The van der Waals surface area contributed by atoms with Crippen molar-refractivity contribution in [2.24, 2.45) is 0 Å². The molecule has 0 aromatic carbocycles. The van der Waals surface area contributed by atoms with Gasteiger partial charge in [0.05, 0.1) is 5.56 Å². The molecule has 132 valence electrons. The number of hydrogen-bond donors (Lipinski definition) is 1. The Morgan fingerprint density at radius 3 is 2.68 bits per heavy atom. The van der Waals surface area contributed by atoms with Gasteiger partial charge >= 0.3 is 0 Å². The van der Waals surface area contributed by atoms with E-state index in [0.717, 1.165) is 34.4 Å². The van der Waals surface area contributed by atoms with Crippen molar-refractivity contribution in [1.29, 1.82) is 0 Å². The number of aromatic nitrogens is 4. The first-order valence-electron chi connectivity index (χ1n) is 8.28. The second-order valence-corrected chi connectivity index (χ2v) is 7.73. The second kappa shape index (κ2) is 7.45. The second-order valence-electron chi connectivity index (χ2n) is 5.85. The Bertz CT molecular complexity index is 862. The maximum atomic E-state index is 12.7. The molecule has 0 aliphatic heterocycles. The van der Waals surface area contributed by atoms with Crippen LogP contribution in [0.3, 0.4) is 0 Å². The van der Waals surface area contributed by atoms with Gasteiger partial charge in [-0.25, -0.2) is 4.98 Å². The number of aryl methyl sites for hydroxylation is 1. The van der Waals surface area contributed by atoms with Crippen molar-refractivity contribution < 1.29 is 4.79 Å². The van der Waals surface area contributed by atoms with E-state index in [1.807, 2.05) is 29.9 Å². The fourth-order valence-corrected chi connectivity index (χ4v) is 4.62. The molecule has 0 saturated carbocycles. The van der Waals surface area contributed by atoms with Crippen LogP contribution in [0.15, 0.2) is 17.6 Å². The fourth-order valence-electron chi connectivity index (χ4n) is 2.87. The SMILES string of the molecule is CCC(CC)c1nnc(NC(=O)c2cc(C)n(-c3nccs3)c2C)s1. The van der Waals surface area contributed by atoms with Crippen LogP contribution in [-0.2, 0) is 0 Å². The zero-order valence-corrected chi connectivity index (χ0v) is 16.4. The summed E-state index contributed by atoms with van der Waals surface area (Å²) in [6.45, 7) is 8.18. The standard InChI is InChI=1S/C17H21N5OS2/c1-5-12(6-2)15-20-21-16(25-15)19-14(23)13-9-10(3)22(11(13)4)17-18-7-8-24-17/h7-9,12H,5-6H2,1-4H3,(H,19,21,23). The van der Waals surface area contributed by atoms with E-state index in [9.17, 15) is 4.79 Å². The maximum absolute atomic E-state index is 12.7. The van der Waals surface area contributed by atoms with Gasteiger partial charge in [-0.2, -0.15) is 0 Å². The molecule has 1 N–H and O–H groups in total. The summed E-state index contributed by atoms with van der Waals surface area (Å²) in [4.78, 5) is 17.0. The molecule has 0 aliphatic rings. The van der Waals surface area contributed by atoms with Crippen molar-refractivity contribution in [2.75, 3.05) is 5.32 Å². The Labute approximate surface area is 155 Å². The van der Waals surface area contributed by atoms with Gasteiger partial charge in [0.2, 0.25) is 5.13 Å². The minimum absolute atomic E-state index is 0.164. The molecular weight excluding hydrogens is 354 g/mol. The molecule has 0 saturated heterocycles. The van der Waals surface area contributed by atoms with Gasteiger partial charge in [-0.3, -0.25) is 14.7 Å². The molecule has 1 amide bonds. The van der Waals surface area contributed by atoms with Crippen LogP contribution >= 0.6 is 22.7 Å². The van der Waals surface area contributed by atoms with E-state index in [4.69, 9.17) is 0 Å². The number of nitrogens with one attached hydrogen (secondary N) is 1. The molecule has 6 nitrogen and oxygen atoms in total. The lowest BCUT2D eigenvalue weighted by Crippen LogP contribution is -2.13. The minimum atomic E-state index is -0.164. The zero-order valence-electron chi connectivity index (χ0n) is 14.7. The van der Waals surface area contributed by atoms with Crippen LogP contribution in [0.4, 0.5) is 5.13 Å². The Balaban J connectivity index is 1.82. The van der Waals surface area contributed by atoms with Gasteiger partial charge in [0, 0.05) is 28.9 Å². The molecule has 25 heavy (non-hydrogen) atoms. The van der Waals surface area contributed by atoms with Crippen LogP contribution in [-0.4, -0.2) is 25.7 Å². The van der Waals surface area contributed by atoms with Crippen LogP contribution in [0.2, 0.25) is 0 Å². The van der Waals surface area contributed by atoms with Gasteiger partial charge < -0.3 is 0 Å². The van der Waals surface area contributed by atoms with Gasteiger partial charge in [0.25, 0.3) is 5.91 Å². The lowest BCUT2D eigenvalue weighted by molar-refractivity contribution is 0.102. The largest absolute Gasteiger partial charge is 0.296 e. The first-order valence-corrected chi connectivity index (χ1v) is 9.98. The van der Waals surface area contributed by atoms with E-state index in [1.54, 1.807) is 17.5 Å². The van der Waals surface area contributed by atoms with E-state index >= 15 is 0 Å². The molecule has 0 unspecified atom stereocenters. The van der Waals surface area contributed by atoms with Gasteiger partial charge in [0.1, 0.15) is 5.01 Å². The Morgan fingerprint density at radius 1 is 1.28 bits per heavy atom. The third kappa shape index (κ3) is 3.50. The normalized spacial score (nSPS) is 11.2. The van der Waals surface area contributed by atoms with E-state index in [1.165, 1.54) is 11.3 Å². The lowest BCUT2D eigenvalue weighted by Gasteiger charge is -2.06. The molecule has 0 atom stereocenters. The third-order valence-corrected chi connectivity index (χ3v) is 6.04. The summed E-state index contributed by atoms with van der Waals surface area (Å²) in [5.74, 6) is 0.237. The molecule has 3 heterocycles. The number of hydrogen-bond acceptors (Lipinski definition) is 6. The molecule has 3 aromatic heterocycles. The third-order valence-electron chi connectivity index (χ3n) is 4.28. The highest BCUT2D eigenvalue weighted by molar-refractivity contribution is 7.15. The summed E-state index contributed by atoms with van der Waals surface area (Å²) >= 11 is 3.00. The Kier molecular flexibility index (Phi) is 5.29. The van der Waals surface area contributed by atoms with E-state index < -0.39 is 0 Å². The molecule has 3 rings (SSSR count). The predicted octanol–water partition coefficient (Wildman–Crippen LogP) is 4.56. The topological polar surface area (TPSA) is 72.7 Å². The number of rotatable bonds is 6. The first kappa shape index (κ1) is 17.8. The van der Waals surface area contributed by atoms with Crippen LogP contribution in [0.5, 0.6) is 0 Å². The fraction of sp³-hybridized carbons (Fsp3) is 0.412. The number of anilines is 1. The van der Waals surface area contributed by atoms with Crippen LogP contribution in [0.25, 0.3) is 5.13 Å². The molecule has 8 heteroatoms. The number of amides is 1. The average molecular weight is 376 g/mol. The van der Waals surface area contributed by atoms with E-state index in [-0.39, 0.29) is 5.91 Å². The number of carbonyl (C=O) groups is 1. The van der Waals surface area contributed by atoms with Gasteiger partial charge in [-0.1, -0.05) is 25.2 Å². The highest BCUT2D eigenvalue weighted by Crippen LogP contribution is 2.29. The lowest BCUT2D eigenvalue weighted by atomic mass is 10.1. The molecular formula is C17H21N5OS2. The monoisotopic (exact) mass is 375 g/mol. The van der Waals surface area contributed by atoms with Crippen molar-refractivity contribution in [3.63, 3.8) is 0 Å². The molecule has 3 aromatic rings. The Hall–Kier alpha value is -2.06. The molecule has 0 bridgehead atoms. The quantitative estimate of drug-likeness (QED) is 0.685. The highest BCUT2D eigenvalue weighted by Gasteiger charge is 2.20. The van der Waals surface area contributed by atoms with Gasteiger partial charge in [0.15, 0.2) is 5.13 Å². The van der Waals surface area contributed by atoms with E-state index in [2.05, 4.69) is 34.3 Å². The summed E-state index contributed by atoms with van der Waals surface area (Å²) in [6, 6.07) is 1.88. The molecule has 0 radical (unpaired) electrons. The van der Waals surface area contributed by atoms with Gasteiger partial charge in [-0.05, 0) is 32.8 Å². The summed E-state index contributed by atoms with van der Waals surface area (Å²) in [5.41, 5.74) is 2.48. The maximum Gasteiger partial charge on any atom is 0.259 e. The summed E-state index contributed by atoms with van der Waals surface area (Å²) < 4.78 is 2.00. The molecule has 0 spiro atoms. The first-order chi connectivity index (χ1) is 12.0. The van der Waals surface area contributed by atoms with Crippen LogP contribution in [0, 0.1) is 13.8 Å². The molecule has 0 aliphatic carbocycles. The van der Waals surface area contributed by atoms with Gasteiger partial charge in [-0.15, -0.1) is 21.5 Å². The number of thiazole rings is 1. The average Bonchev–Trinajstić information content (AvgIpc) is 3.30. The van der Waals surface area contributed by atoms with Crippen molar-refractivity contribution >= 4 is 33.7 Å². The predicted molar refractivity (Wildman–Crippen MR) is 102 cm³/mol. The van der Waals surface area contributed by atoms with Crippen LogP contribution < -0.4 is 5.32 Å². The van der Waals surface area contributed by atoms with E-state index in [0.29, 0.717) is 16.6 Å². The summed E-state index contributed by atoms with van der Waals surface area (Å²) in [5, 5.41) is 15.6.